The molecule has 2 atom stereocenters. The van der Waals surface area contributed by atoms with Gasteiger partial charge in [0, 0.05) is 12.6 Å². The molecule has 0 aromatic carbocycles. The van der Waals surface area contributed by atoms with Gasteiger partial charge in [-0.25, -0.2) is 0 Å². The van der Waals surface area contributed by atoms with Gasteiger partial charge in [0.1, 0.15) is 5.92 Å². The van der Waals surface area contributed by atoms with Crippen molar-refractivity contribution in [2.24, 2.45) is 5.92 Å². The Morgan fingerprint density at radius 2 is 2.11 bits per heavy atom. The highest BCUT2D eigenvalue weighted by Crippen LogP contribution is 2.20. The van der Waals surface area contributed by atoms with Crippen LogP contribution in [0.2, 0.25) is 0 Å². The molecule has 1 aliphatic rings. The van der Waals surface area contributed by atoms with Gasteiger partial charge in [-0.3, -0.25) is 9.59 Å². The lowest BCUT2D eigenvalue weighted by molar-refractivity contribution is -0.144. The van der Waals surface area contributed by atoms with E-state index in [1.165, 1.54) is 6.08 Å². The standard InChI is InChI=1S/C13H19NO4/c1-3-5-6-7-12(15)14(4-2)11-9-18-8-10(11)13(16)17/h3,5-7,10-11H,4,8-9H2,1-2H3,(H,16,17). The average Bonchev–Trinajstić information content (AvgIpc) is 2.79. The van der Waals surface area contributed by atoms with Gasteiger partial charge in [-0.15, -0.1) is 0 Å². The molecule has 1 fully saturated rings. The molecule has 100 valence electrons. The van der Waals surface area contributed by atoms with Gasteiger partial charge >= 0.3 is 5.97 Å². The predicted molar refractivity (Wildman–Crippen MR) is 67.1 cm³/mol. The fraction of sp³-hybridized carbons (Fsp3) is 0.538. The monoisotopic (exact) mass is 253 g/mol. The lowest BCUT2D eigenvalue weighted by Gasteiger charge is -2.28. The number of rotatable bonds is 5. The van der Waals surface area contributed by atoms with Crippen molar-refractivity contribution in [3.63, 3.8) is 0 Å². The Morgan fingerprint density at radius 3 is 2.67 bits per heavy atom. The second-order valence-corrected chi connectivity index (χ2v) is 4.06. The Bertz CT molecular complexity index is 362. The van der Waals surface area contributed by atoms with Crippen molar-refractivity contribution >= 4 is 11.9 Å². The van der Waals surface area contributed by atoms with Gasteiger partial charge in [0.05, 0.1) is 19.3 Å². The molecule has 0 saturated carbocycles. The van der Waals surface area contributed by atoms with Crippen LogP contribution in [-0.4, -0.2) is 47.7 Å². The van der Waals surface area contributed by atoms with E-state index in [9.17, 15) is 9.59 Å². The normalized spacial score (nSPS) is 23.9. The zero-order valence-corrected chi connectivity index (χ0v) is 10.7. The van der Waals surface area contributed by atoms with E-state index in [1.807, 2.05) is 19.9 Å². The maximum absolute atomic E-state index is 12.0. The van der Waals surface area contributed by atoms with E-state index in [4.69, 9.17) is 9.84 Å². The quantitative estimate of drug-likeness (QED) is 0.588. The van der Waals surface area contributed by atoms with Crippen molar-refractivity contribution in [2.75, 3.05) is 19.8 Å². The summed E-state index contributed by atoms with van der Waals surface area (Å²) in [5.41, 5.74) is 0. The fourth-order valence-electron chi connectivity index (χ4n) is 1.98. The average molecular weight is 253 g/mol. The van der Waals surface area contributed by atoms with Crippen LogP contribution in [-0.2, 0) is 14.3 Å². The topological polar surface area (TPSA) is 66.8 Å². The molecule has 1 heterocycles. The number of hydrogen-bond donors (Lipinski definition) is 1. The molecule has 5 heteroatoms. The summed E-state index contributed by atoms with van der Waals surface area (Å²) in [4.78, 5) is 24.6. The van der Waals surface area contributed by atoms with Crippen LogP contribution in [0.3, 0.4) is 0 Å². The molecule has 0 aromatic rings. The first-order chi connectivity index (χ1) is 8.61. The molecule has 18 heavy (non-hydrogen) atoms. The van der Waals surface area contributed by atoms with Crippen LogP contribution >= 0.6 is 0 Å². The summed E-state index contributed by atoms with van der Waals surface area (Å²) >= 11 is 0. The van der Waals surface area contributed by atoms with E-state index in [2.05, 4.69) is 0 Å². The number of aliphatic carboxylic acids is 1. The minimum absolute atomic E-state index is 0.169. The molecule has 1 saturated heterocycles. The smallest absolute Gasteiger partial charge is 0.311 e. The molecule has 0 radical (unpaired) electrons. The number of amides is 1. The Morgan fingerprint density at radius 1 is 1.39 bits per heavy atom. The Kier molecular flexibility index (Phi) is 5.58. The molecule has 2 unspecified atom stereocenters. The van der Waals surface area contributed by atoms with E-state index in [-0.39, 0.29) is 25.2 Å². The Labute approximate surface area is 107 Å². The maximum atomic E-state index is 12.0. The van der Waals surface area contributed by atoms with Gasteiger partial charge in [-0.05, 0) is 13.8 Å². The first-order valence-electron chi connectivity index (χ1n) is 6.02. The van der Waals surface area contributed by atoms with Crippen LogP contribution < -0.4 is 0 Å². The third kappa shape index (κ3) is 3.43. The van der Waals surface area contributed by atoms with Crippen LogP contribution in [0, 0.1) is 5.92 Å². The van der Waals surface area contributed by atoms with Crippen molar-refractivity contribution in [1.82, 2.24) is 4.90 Å². The highest BCUT2D eigenvalue weighted by atomic mass is 16.5. The lowest BCUT2D eigenvalue weighted by Crippen LogP contribution is -2.45. The molecular weight excluding hydrogens is 234 g/mol. The second-order valence-electron chi connectivity index (χ2n) is 4.06. The van der Waals surface area contributed by atoms with Crippen molar-refractivity contribution in [2.45, 2.75) is 19.9 Å². The van der Waals surface area contributed by atoms with Crippen LogP contribution in [0.4, 0.5) is 0 Å². The van der Waals surface area contributed by atoms with Crippen molar-refractivity contribution in [3.8, 4) is 0 Å². The number of likely N-dealkylation sites (N-methyl/N-ethyl adjacent to an activating group) is 1. The number of hydrogen-bond acceptors (Lipinski definition) is 3. The van der Waals surface area contributed by atoms with Crippen molar-refractivity contribution < 1.29 is 19.4 Å². The predicted octanol–water partition coefficient (Wildman–Crippen LogP) is 1.07. The number of nitrogens with zero attached hydrogens (tertiary/aromatic N) is 1. The first-order valence-corrected chi connectivity index (χ1v) is 6.02. The summed E-state index contributed by atoms with van der Waals surface area (Å²) in [6, 6.07) is -0.379. The molecule has 1 amide bonds. The summed E-state index contributed by atoms with van der Waals surface area (Å²) < 4.78 is 5.18. The molecule has 5 nitrogen and oxygen atoms in total. The zero-order valence-electron chi connectivity index (χ0n) is 10.7. The van der Waals surface area contributed by atoms with Gasteiger partial charge < -0.3 is 14.7 Å². The largest absolute Gasteiger partial charge is 0.481 e. The van der Waals surface area contributed by atoms with Gasteiger partial charge in [-0.1, -0.05) is 18.2 Å². The van der Waals surface area contributed by atoms with Gasteiger partial charge in [0.2, 0.25) is 5.91 Å². The van der Waals surface area contributed by atoms with Crippen molar-refractivity contribution in [1.29, 1.82) is 0 Å². The van der Waals surface area contributed by atoms with Crippen LogP contribution in [0.25, 0.3) is 0 Å². The molecule has 0 aliphatic carbocycles. The number of carbonyl (C=O) groups excluding carboxylic acids is 1. The zero-order chi connectivity index (χ0) is 13.5. The summed E-state index contributed by atoms with van der Waals surface area (Å²) in [7, 11) is 0. The van der Waals surface area contributed by atoms with Gasteiger partial charge in [-0.2, -0.15) is 0 Å². The number of allylic oxidation sites excluding steroid dienone is 3. The molecular formula is C13H19NO4. The summed E-state index contributed by atoms with van der Waals surface area (Å²) in [6.07, 6.45) is 6.67. The van der Waals surface area contributed by atoms with Crippen molar-refractivity contribution in [3.05, 3.63) is 24.3 Å². The second kappa shape index (κ2) is 6.96. The van der Waals surface area contributed by atoms with Crippen LogP contribution in [0.15, 0.2) is 24.3 Å². The minimum atomic E-state index is -0.916. The van der Waals surface area contributed by atoms with E-state index >= 15 is 0 Å². The van der Waals surface area contributed by atoms with E-state index in [0.717, 1.165) is 0 Å². The molecule has 0 aromatic heterocycles. The summed E-state index contributed by atoms with van der Waals surface area (Å²) in [6.45, 7) is 4.61. The lowest BCUT2D eigenvalue weighted by atomic mass is 10.0. The molecule has 1 aliphatic heterocycles. The minimum Gasteiger partial charge on any atom is -0.481 e. The third-order valence-electron chi connectivity index (χ3n) is 2.93. The van der Waals surface area contributed by atoms with E-state index in [0.29, 0.717) is 6.54 Å². The summed E-state index contributed by atoms with van der Waals surface area (Å²) in [5, 5.41) is 9.08. The first kappa shape index (κ1) is 14.4. The van der Waals surface area contributed by atoms with Crippen LogP contribution in [0.5, 0.6) is 0 Å². The Balaban J connectivity index is 2.76. The molecule has 0 spiro atoms. The molecule has 1 N–H and O–H groups in total. The Hall–Kier alpha value is -1.62. The van der Waals surface area contributed by atoms with E-state index in [1.54, 1.807) is 17.1 Å². The number of carbonyl (C=O) groups is 2. The number of ether oxygens (including phenoxy) is 1. The summed E-state index contributed by atoms with van der Waals surface area (Å²) in [5.74, 6) is -1.73. The fourth-order valence-corrected chi connectivity index (χ4v) is 1.98. The highest BCUT2D eigenvalue weighted by Gasteiger charge is 2.38. The van der Waals surface area contributed by atoms with E-state index < -0.39 is 11.9 Å². The number of carboxylic acid groups (broad SMARTS) is 1. The van der Waals surface area contributed by atoms with Gasteiger partial charge in [0.25, 0.3) is 0 Å². The van der Waals surface area contributed by atoms with Gasteiger partial charge in [0.15, 0.2) is 0 Å². The number of carboxylic acids is 1. The molecule has 0 bridgehead atoms. The van der Waals surface area contributed by atoms with Crippen LogP contribution in [0.1, 0.15) is 13.8 Å². The third-order valence-corrected chi connectivity index (χ3v) is 2.93. The highest BCUT2D eigenvalue weighted by molar-refractivity contribution is 5.88. The SMILES string of the molecule is CC=CC=CC(=O)N(CC)C1COCC1C(=O)O. The maximum Gasteiger partial charge on any atom is 0.311 e. The molecule has 1 rings (SSSR count).